The largest absolute Gasteiger partial charge is 0.135 e. The third kappa shape index (κ3) is 2.66. The van der Waals surface area contributed by atoms with E-state index in [4.69, 9.17) is 0 Å². The third-order valence-electron chi connectivity index (χ3n) is 5.75. The molecule has 0 nitrogen and oxygen atoms in total. The van der Waals surface area contributed by atoms with E-state index in [0.717, 1.165) is 5.92 Å². The van der Waals surface area contributed by atoms with Gasteiger partial charge in [0.05, 0.1) is 0 Å². The van der Waals surface area contributed by atoms with Gasteiger partial charge in [-0.3, -0.25) is 0 Å². The minimum absolute atomic E-state index is 0.557. The lowest BCUT2D eigenvalue weighted by atomic mass is 9.94. The second kappa shape index (κ2) is 6.16. The van der Waals surface area contributed by atoms with E-state index >= 15 is 0 Å². The highest BCUT2D eigenvalue weighted by molar-refractivity contribution is 7.23. The van der Waals surface area contributed by atoms with Crippen LogP contribution >= 0.6 is 22.7 Å². The number of hydrogen-bond donors (Lipinski definition) is 0. The fourth-order valence-corrected chi connectivity index (χ4v) is 5.99. The van der Waals surface area contributed by atoms with Crippen molar-refractivity contribution in [3.8, 4) is 9.75 Å². The average Bonchev–Trinajstić information content (AvgIpc) is 3.31. The van der Waals surface area contributed by atoms with Gasteiger partial charge >= 0.3 is 0 Å². The lowest BCUT2D eigenvalue weighted by molar-refractivity contribution is 0.507. The van der Waals surface area contributed by atoms with Gasteiger partial charge in [-0.25, -0.2) is 0 Å². The Morgan fingerprint density at radius 2 is 1.38 bits per heavy atom. The molecule has 0 spiro atoms. The first-order valence-electron chi connectivity index (χ1n) is 8.84. The smallest absolute Gasteiger partial charge is 0.0449 e. The molecule has 0 radical (unpaired) electrons. The Kier molecular flexibility index (Phi) is 4.14. The first-order chi connectivity index (χ1) is 11.5. The minimum atomic E-state index is 0.557. The van der Waals surface area contributed by atoms with Gasteiger partial charge in [0.1, 0.15) is 0 Å². The molecule has 124 valence electrons. The van der Waals surface area contributed by atoms with Crippen LogP contribution in [-0.4, -0.2) is 0 Å². The van der Waals surface area contributed by atoms with Crippen molar-refractivity contribution in [1.82, 2.24) is 0 Å². The maximum Gasteiger partial charge on any atom is 0.0449 e. The summed E-state index contributed by atoms with van der Waals surface area (Å²) in [4.78, 5) is 5.69. The molecule has 0 amide bonds. The summed E-state index contributed by atoms with van der Waals surface area (Å²) in [7, 11) is 0. The second-order valence-corrected chi connectivity index (χ2v) is 9.41. The van der Waals surface area contributed by atoms with Gasteiger partial charge in [0.2, 0.25) is 0 Å². The van der Waals surface area contributed by atoms with Crippen molar-refractivity contribution in [3.05, 3.63) is 57.8 Å². The standard InChI is InChI=1S/C22H24S2/c1-13-5-7-17(15(13)3)19-9-11-21(23-19)22-12-10-20(24-22)18-8-6-14(2)16(18)4/h5,7-12,14-16H,6H2,1-4H3/t14?,15?,16-/m1/s1. The summed E-state index contributed by atoms with van der Waals surface area (Å²) < 4.78 is 0. The van der Waals surface area contributed by atoms with Crippen LogP contribution in [0.25, 0.3) is 20.9 Å². The Labute approximate surface area is 153 Å². The maximum absolute atomic E-state index is 2.45. The zero-order valence-electron chi connectivity index (χ0n) is 14.8. The molecule has 2 heterocycles. The SMILES string of the molecule is CC1=CC=C(c2ccc(-c3ccc(C4=CCC(C)[C@H]4C)s3)s2)C1C. The Bertz CT molecular complexity index is 818. The Morgan fingerprint density at radius 1 is 0.792 bits per heavy atom. The van der Waals surface area contributed by atoms with Crippen molar-refractivity contribution in [2.24, 2.45) is 17.8 Å². The van der Waals surface area contributed by atoms with Crippen LogP contribution < -0.4 is 0 Å². The van der Waals surface area contributed by atoms with E-state index < -0.39 is 0 Å². The molecule has 0 aliphatic heterocycles. The van der Waals surface area contributed by atoms with Crippen LogP contribution in [0.3, 0.4) is 0 Å². The van der Waals surface area contributed by atoms with Crippen molar-refractivity contribution in [2.75, 3.05) is 0 Å². The topological polar surface area (TPSA) is 0 Å². The molecule has 0 bridgehead atoms. The molecular weight excluding hydrogens is 328 g/mol. The molecule has 0 aromatic carbocycles. The molecule has 24 heavy (non-hydrogen) atoms. The number of hydrogen-bond acceptors (Lipinski definition) is 2. The highest BCUT2D eigenvalue weighted by Crippen LogP contribution is 2.44. The van der Waals surface area contributed by atoms with E-state index in [-0.39, 0.29) is 0 Å². The quantitative estimate of drug-likeness (QED) is 0.536. The normalized spacial score (nSPS) is 26.5. The zero-order valence-corrected chi connectivity index (χ0v) is 16.4. The molecule has 2 aromatic rings. The summed E-state index contributed by atoms with van der Waals surface area (Å²) in [5.41, 5.74) is 4.50. The predicted octanol–water partition coefficient (Wildman–Crippen LogP) is 7.52. The number of thiophene rings is 2. The molecule has 0 N–H and O–H groups in total. The summed E-state index contributed by atoms with van der Waals surface area (Å²) in [5.74, 6) is 2.03. The Morgan fingerprint density at radius 3 is 1.88 bits per heavy atom. The lowest BCUT2D eigenvalue weighted by Gasteiger charge is -2.12. The van der Waals surface area contributed by atoms with Gasteiger partial charge in [-0.1, -0.05) is 44.6 Å². The van der Waals surface area contributed by atoms with E-state index in [9.17, 15) is 0 Å². The molecule has 0 saturated carbocycles. The van der Waals surface area contributed by atoms with Gasteiger partial charge in [-0.2, -0.15) is 0 Å². The van der Waals surface area contributed by atoms with Gasteiger partial charge in [0.25, 0.3) is 0 Å². The summed E-state index contributed by atoms with van der Waals surface area (Å²) in [5, 5.41) is 0. The van der Waals surface area contributed by atoms with Crippen LogP contribution in [0.15, 0.2) is 48.1 Å². The molecule has 2 aromatic heterocycles. The lowest BCUT2D eigenvalue weighted by Crippen LogP contribution is -2.01. The third-order valence-corrected chi connectivity index (χ3v) is 8.22. The first-order valence-corrected chi connectivity index (χ1v) is 10.5. The molecule has 3 atom stereocenters. The van der Waals surface area contributed by atoms with Gasteiger partial charge in [0.15, 0.2) is 0 Å². The number of rotatable bonds is 3. The minimum Gasteiger partial charge on any atom is -0.135 e. The molecule has 0 fully saturated rings. The molecule has 0 saturated heterocycles. The Balaban J connectivity index is 1.58. The van der Waals surface area contributed by atoms with Crippen molar-refractivity contribution >= 4 is 33.8 Å². The summed E-state index contributed by atoms with van der Waals surface area (Å²) in [6.07, 6.45) is 8.23. The van der Waals surface area contributed by atoms with Crippen molar-refractivity contribution in [2.45, 2.75) is 34.1 Å². The summed E-state index contributed by atoms with van der Waals surface area (Å²) in [6, 6.07) is 9.23. The van der Waals surface area contributed by atoms with Crippen LogP contribution in [0.4, 0.5) is 0 Å². The van der Waals surface area contributed by atoms with Gasteiger partial charge in [-0.15, -0.1) is 22.7 Å². The Hall–Kier alpha value is -1.38. The van der Waals surface area contributed by atoms with E-state index in [1.54, 1.807) is 5.57 Å². The van der Waals surface area contributed by atoms with Gasteiger partial charge in [0, 0.05) is 25.4 Å². The van der Waals surface area contributed by atoms with Crippen LogP contribution in [0.5, 0.6) is 0 Å². The van der Waals surface area contributed by atoms with Crippen LogP contribution in [0, 0.1) is 17.8 Å². The summed E-state index contributed by atoms with van der Waals surface area (Å²) >= 11 is 3.89. The van der Waals surface area contributed by atoms with Crippen molar-refractivity contribution in [1.29, 1.82) is 0 Å². The summed E-state index contributed by atoms with van der Waals surface area (Å²) in [6.45, 7) is 9.27. The predicted molar refractivity (Wildman–Crippen MR) is 109 cm³/mol. The molecule has 2 unspecified atom stereocenters. The maximum atomic E-state index is 2.45. The fourth-order valence-electron chi connectivity index (χ4n) is 3.64. The van der Waals surface area contributed by atoms with Crippen LogP contribution in [-0.2, 0) is 0 Å². The zero-order chi connectivity index (χ0) is 16.8. The average molecular weight is 353 g/mol. The van der Waals surface area contributed by atoms with Crippen molar-refractivity contribution in [3.63, 3.8) is 0 Å². The monoisotopic (exact) mass is 352 g/mol. The highest BCUT2D eigenvalue weighted by atomic mass is 32.1. The van der Waals surface area contributed by atoms with Gasteiger partial charge < -0.3 is 0 Å². The first kappa shape index (κ1) is 16.1. The van der Waals surface area contributed by atoms with Gasteiger partial charge in [-0.05, 0) is 60.6 Å². The molecule has 2 aliphatic carbocycles. The fraction of sp³-hybridized carbons (Fsp3) is 0.364. The van der Waals surface area contributed by atoms with Crippen molar-refractivity contribution < 1.29 is 0 Å². The van der Waals surface area contributed by atoms with E-state index in [1.807, 2.05) is 22.7 Å². The number of allylic oxidation sites excluding steroid dienone is 6. The highest BCUT2D eigenvalue weighted by Gasteiger charge is 2.24. The molecule has 4 rings (SSSR count). The molecular formula is C22H24S2. The van der Waals surface area contributed by atoms with Crippen LogP contribution in [0.1, 0.15) is 43.9 Å². The van der Waals surface area contributed by atoms with E-state index in [1.165, 1.54) is 37.1 Å². The molecule has 2 heteroatoms. The second-order valence-electron chi connectivity index (χ2n) is 7.24. The molecule has 2 aliphatic rings. The van der Waals surface area contributed by atoms with E-state index in [2.05, 4.69) is 70.2 Å². The van der Waals surface area contributed by atoms with E-state index in [0.29, 0.717) is 11.8 Å². The van der Waals surface area contributed by atoms with Crippen LogP contribution in [0.2, 0.25) is 0 Å².